The maximum absolute atomic E-state index is 12.2. The third-order valence-electron chi connectivity index (χ3n) is 6.04. The maximum Gasteiger partial charge on any atom is 0.251 e. The number of allylic oxidation sites excluding steroid dienone is 1. The standard InChI is InChI=1S/C24H30N2OS/c1-3-26-15-21(16-26)28-20-11-9-19(10-12-20)22(14-18-6-4-5-7-18)23-13-8-17(2)24(27)25-23/h8-14,18,21H,3-7,15-16H2,1-2H3,(H,25,27). The van der Waals surface area contributed by atoms with E-state index >= 15 is 0 Å². The molecule has 148 valence electrons. The first-order valence-electron chi connectivity index (χ1n) is 10.5. The fourth-order valence-corrected chi connectivity index (χ4v) is 5.41. The summed E-state index contributed by atoms with van der Waals surface area (Å²) in [7, 11) is 0. The Kier molecular flexibility index (Phi) is 6.07. The molecule has 1 saturated heterocycles. The molecule has 1 aromatic carbocycles. The highest BCUT2D eigenvalue weighted by atomic mass is 32.2. The Hall–Kier alpha value is -1.78. The van der Waals surface area contributed by atoms with Gasteiger partial charge in [-0.1, -0.05) is 44.0 Å². The number of nitrogens with one attached hydrogen (secondary N) is 1. The van der Waals surface area contributed by atoms with Crippen LogP contribution in [-0.2, 0) is 0 Å². The largest absolute Gasteiger partial charge is 0.322 e. The Morgan fingerprint density at radius 1 is 1.14 bits per heavy atom. The van der Waals surface area contributed by atoms with Crippen LogP contribution in [0.25, 0.3) is 5.57 Å². The first-order chi connectivity index (χ1) is 13.6. The molecule has 3 nitrogen and oxygen atoms in total. The van der Waals surface area contributed by atoms with Gasteiger partial charge in [0, 0.05) is 40.1 Å². The van der Waals surface area contributed by atoms with E-state index in [0.717, 1.165) is 17.8 Å². The number of H-pyrrole nitrogens is 1. The van der Waals surface area contributed by atoms with Gasteiger partial charge in [0.1, 0.15) is 0 Å². The second-order valence-electron chi connectivity index (χ2n) is 8.13. The fourth-order valence-electron chi connectivity index (χ4n) is 4.17. The number of aromatic amines is 1. The first-order valence-corrected chi connectivity index (χ1v) is 11.4. The average molecular weight is 395 g/mol. The summed E-state index contributed by atoms with van der Waals surface area (Å²) in [6.07, 6.45) is 7.52. The van der Waals surface area contributed by atoms with Crippen molar-refractivity contribution in [3.8, 4) is 0 Å². The predicted molar refractivity (Wildman–Crippen MR) is 119 cm³/mol. The van der Waals surface area contributed by atoms with Gasteiger partial charge in [0.15, 0.2) is 0 Å². The molecule has 1 aliphatic carbocycles. The molecule has 1 aliphatic heterocycles. The van der Waals surface area contributed by atoms with Crippen molar-refractivity contribution in [1.82, 2.24) is 9.88 Å². The number of benzene rings is 1. The van der Waals surface area contributed by atoms with Gasteiger partial charge < -0.3 is 9.88 Å². The summed E-state index contributed by atoms with van der Waals surface area (Å²) in [6.45, 7) is 7.62. The Morgan fingerprint density at radius 2 is 1.86 bits per heavy atom. The molecule has 1 N–H and O–H groups in total. The minimum atomic E-state index is 0.00691. The zero-order chi connectivity index (χ0) is 19.5. The van der Waals surface area contributed by atoms with Crippen LogP contribution in [-0.4, -0.2) is 34.8 Å². The van der Waals surface area contributed by atoms with Crippen LogP contribution < -0.4 is 5.56 Å². The Bertz CT molecular complexity index is 888. The van der Waals surface area contributed by atoms with Gasteiger partial charge in [0.2, 0.25) is 0 Å². The van der Waals surface area contributed by atoms with Gasteiger partial charge in [-0.3, -0.25) is 4.79 Å². The van der Waals surface area contributed by atoms with Crippen LogP contribution >= 0.6 is 11.8 Å². The second-order valence-corrected chi connectivity index (χ2v) is 9.50. The lowest BCUT2D eigenvalue weighted by atomic mass is 9.96. The number of nitrogens with zero attached hydrogens (tertiary/aromatic N) is 1. The molecule has 2 aromatic rings. The van der Waals surface area contributed by atoms with E-state index in [4.69, 9.17) is 0 Å². The molecule has 0 radical (unpaired) electrons. The predicted octanol–water partition coefficient (Wildman–Crippen LogP) is 5.10. The van der Waals surface area contributed by atoms with Gasteiger partial charge in [-0.25, -0.2) is 0 Å². The molecule has 0 unspecified atom stereocenters. The SMILES string of the molecule is CCN1CC(Sc2ccc(C(=CC3CCCC3)c3ccc(C)c(=O)[nH]3)cc2)C1. The number of hydrogen-bond donors (Lipinski definition) is 1. The molecule has 2 heterocycles. The molecule has 1 aromatic heterocycles. The smallest absolute Gasteiger partial charge is 0.251 e. The van der Waals surface area contributed by atoms with Crippen molar-refractivity contribution in [3.63, 3.8) is 0 Å². The summed E-state index contributed by atoms with van der Waals surface area (Å²) in [5, 5.41) is 0.716. The van der Waals surface area contributed by atoms with E-state index in [1.54, 1.807) is 0 Å². The van der Waals surface area contributed by atoms with Crippen molar-refractivity contribution >= 4 is 17.3 Å². The zero-order valence-electron chi connectivity index (χ0n) is 16.9. The lowest BCUT2D eigenvalue weighted by Crippen LogP contribution is -2.48. The minimum absolute atomic E-state index is 0.00691. The number of hydrogen-bond acceptors (Lipinski definition) is 3. The summed E-state index contributed by atoms with van der Waals surface area (Å²) in [4.78, 5) is 19.1. The van der Waals surface area contributed by atoms with Gasteiger partial charge in [0.25, 0.3) is 5.56 Å². The van der Waals surface area contributed by atoms with E-state index in [2.05, 4.69) is 47.1 Å². The summed E-state index contributed by atoms with van der Waals surface area (Å²) in [6, 6.07) is 12.9. The summed E-state index contributed by atoms with van der Waals surface area (Å²) >= 11 is 1.98. The molecule has 4 rings (SSSR count). The number of pyridine rings is 1. The van der Waals surface area contributed by atoms with Crippen LogP contribution in [0.1, 0.15) is 49.4 Å². The normalized spacial score (nSPS) is 19.1. The van der Waals surface area contributed by atoms with E-state index in [-0.39, 0.29) is 5.56 Å². The zero-order valence-corrected chi connectivity index (χ0v) is 17.7. The highest BCUT2D eigenvalue weighted by Crippen LogP contribution is 2.34. The van der Waals surface area contributed by atoms with Crippen molar-refractivity contribution in [2.75, 3.05) is 19.6 Å². The number of thioether (sulfide) groups is 1. The number of aryl methyl sites for hydroxylation is 1. The third kappa shape index (κ3) is 4.44. The van der Waals surface area contributed by atoms with Crippen LogP contribution in [0.15, 0.2) is 52.2 Å². The highest BCUT2D eigenvalue weighted by molar-refractivity contribution is 8.00. The highest BCUT2D eigenvalue weighted by Gasteiger charge is 2.25. The van der Waals surface area contributed by atoms with Crippen LogP contribution in [0, 0.1) is 12.8 Å². The van der Waals surface area contributed by atoms with Gasteiger partial charge >= 0.3 is 0 Å². The molecule has 2 fully saturated rings. The van der Waals surface area contributed by atoms with Crippen molar-refractivity contribution in [2.24, 2.45) is 5.92 Å². The fraction of sp³-hybridized carbons (Fsp3) is 0.458. The van der Waals surface area contributed by atoms with Crippen molar-refractivity contribution < 1.29 is 0 Å². The summed E-state index contributed by atoms with van der Waals surface area (Å²) in [5.74, 6) is 0.615. The Morgan fingerprint density at radius 3 is 2.50 bits per heavy atom. The van der Waals surface area contributed by atoms with Gasteiger partial charge in [0.05, 0.1) is 0 Å². The van der Waals surface area contributed by atoms with Crippen molar-refractivity contribution in [2.45, 2.75) is 49.7 Å². The summed E-state index contributed by atoms with van der Waals surface area (Å²) < 4.78 is 0. The molecule has 2 aliphatic rings. The lowest BCUT2D eigenvalue weighted by molar-refractivity contribution is 0.201. The Balaban J connectivity index is 1.57. The quantitative estimate of drug-likeness (QED) is 0.740. The maximum atomic E-state index is 12.2. The number of likely N-dealkylation sites (tertiary alicyclic amines) is 1. The van der Waals surface area contributed by atoms with E-state index in [1.165, 1.54) is 54.8 Å². The van der Waals surface area contributed by atoms with Crippen LogP contribution in [0.4, 0.5) is 0 Å². The number of aromatic nitrogens is 1. The Labute approximate surface area is 172 Å². The molecule has 0 atom stereocenters. The molecule has 4 heteroatoms. The molecular formula is C24H30N2OS. The first kappa shape index (κ1) is 19.5. The minimum Gasteiger partial charge on any atom is -0.322 e. The van der Waals surface area contributed by atoms with Gasteiger partial charge in [-0.2, -0.15) is 0 Å². The summed E-state index contributed by atoms with van der Waals surface area (Å²) in [5.41, 5.74) is 4.06. The molecule has 0 bridgehead atoms. The molecule has 1 saturated carbocycles. The van der Waals surface area contributed by atoms with Crippen molar-refractivity contribution in [3.05, 3.63) is 69.6 Å². The van der Waals surface area contributed by atoms with E-state index in [1.807, 2.05) is 30.8 Å². The molecular weight excluding hydrogens is 364 g/mol. The van der Waals surface area contributed by atoms with Gasteiger partial charge in [-0.05, 0) is 56.0 Å². The topological polar surface area (TPSA) is 36.1 Å². The van der Waals surface area contributed by atoms with Crippen LogP contribution in [0.5, 0.6) is 0 Å². The van der Waals surface area contributed by atoms with Gasteiger partial charge in [-0.15, -0.1) is 11.8 Å². The third-order valence-corrected chi connectivity index (χ3v) is 7.21. The monoisotopic (exact) mass is 394 g/mol. The molecule has 0 spiro atoms. The van der Waals surface area contributed by atoms with E-state index in [9.17, 15) is 4.79 Å². The van der Waals surface area contributed by atoms with E-state index < -0.39 is 0 Å². The molecule has 28 heavy (non-hydrogen) atoms. The average Bonchev–Trinajstić information content (AvgIpc) is 3.19. The number of rotatable bonds is 6. The molecule has 0 amide bonds. The van der Waals surface area contributed by atoms with Crippen LogP contribution in [0.3, 0.4) is 0 Å². The second kappa shape index (κ2) is 8.71. The van der Waals surface area contributed by atoms with E-state index in [0.29, 0.717) is 11.2 Å². The lowest BCUT2D eigenvalue weighted by Gasteiger charge is -2.37. The van der Waals surface area contributed by atoms with Crippen LogP contribution in [0.2, 0.25) is 0 Å². The van der Waals surface area contributed by atoms with Crippen molar-refractivity contribution in [1.29, 1.82) is 0 Å².